The summed E-state index contributed by atoms with van der Waals surface area (Å²) in [6, 6.07) is 15.9. The molecule has 2 rings (SSSR count). The molecule has 3 heteroatoms. The monoisotopic (exact) mass is 255 g/mol. The van der Waals surface area contributed by atoms with Crippen LogP contribution < -0.4 is 0 Å². The first-order valence-corrected chi connectivity index (χ1v) is 6.59. The van der Waals surface area contributed by atoms with E-state index in [1.54, 1.807) is 17.8 Å². The molecule has 0 fully saturated rings. The molecule has 0 aliphatic heterocycles. The molecule has 0 aliphatic rings. The Balaban J connectivity index is 2.36. The molecule has 0 aromatic heterocycles. The van der Waals surface area contributed by atoms with Crippen LogP contribution in [0.25, 0.3) is 0 Å². The fourth-order valence-corrected chi connectivity index (χ4v) is 2.79. The summed E-state index contributed by atoms with van der Waals surface area (Å²) in [6.45, 7) is 2.13. The van der Waals surface area contributed by atoms with Crippen molar-refractivity contribution in [1.29, 1.82) is 0 Å². The summed E-state index contributed by atoms with van der Waals surface area (Å²) in [5, 5.41) is 0. The Labute approximate surface area is 111 Å². The van der Waals surface area contributed by atoms with Crippen LogP contribution in [0.5, 0.6) is 0 Å². The summed E-state index contributed by atoms with van der Waals surface area (Å²) in [5.74, 6) is 0. The van der Waals surface area contributed by atoms with Gasteiger partial charge in [0.15, 0.2) is 0 Å². The van der Waals surface area contributed by atoms with Crippen LogP contribution in [0.2, 0.25) is 0 Å². The van der Waals surface area contributed by atoms with E-state index < -0.39 is 0 Å². The highest BCUT2D eigenvalue weighted by molar-refractivity contribution is 7.99. The highest BCUT2D eigenvalue weighted by Gasteiger charge is 2.05. The van der Waals surface area contributed by atoms with E-state index >= 15 is 0 Å². The number of rotatable bonds is 4. The summed E-state index contributed by atoms with van der Waals surface area (Å²) in [6.07, 6.45) is 2.59. The van der Waals surface area contributed by atoms with E-state index in [0.29, 0.717) is 5.69 Å². The maximum Gasteiger partial charge on any atom is 0.240 e. The quantitative estimate of drug-likeness (QED) is 0.599. The SMILES string of the molecule is CCc1ccccc1Sc1ccccc1N=C=O. The van der Waals surface area contributed by atoms with Crippen LogP contribution in [-0.4, -0.2) is 6.08 Å². The van der Waals surface area contributed by atoms with Crippen LogP contribution in [0.3, 0.4) is 0 Å². The predicted molar refractivity (Wildman–Crippen MR) is 74.2 cm³/mol. The fourth-order valence-electron chi connectivity index (χ4n) is 1.70. The van der Waals surface area contributed by atoms with Gasteiger partial charge in [-0.3, -0.25) is 0 Å². The summed E-state index contributed by atoms with van der Waals surface area (Å²) in [7, 11) is 0. The van der Waals surface area contributed by atoms with Crippen LogP contribution in [0.1, 0.15) is 12.5 Å². The van der Waals surface area contributed by atoms with Gasteiger partial charge in [0, 0.05) is 9.79 Å². The third kappa shape index (κ3) is 2.89. The van der Waals surface area contributed by atoms with Crippen LogP contribution >= 0.6 is 11.8 Å². The molecule has 2 aromatic rings. The average molecular weight is 255 g/mol. The average Bonchev–Trinajstić information content (AvgIpc) is 2.42. The van der Waals surface area contributed by atoms with Crippen LogP contribution in [0, 0.1) is 0 Å². The van der Waals surface area contributed by atoms with E-state index in [-0.39, 0.29) is 0 Å². The number of carbonyl (C=O) groups excluding carboxylic acids is 1. The van der Waals surface area contributed by atoms with Crippen LogP contribution in [-0.2, 0) is 11.2 Å². The summed E-state index contributed by atoms with van der Waals surface area (Å²) >= 11 is 1.63. The number of hydrogen-bond donors (Lipinski definition) is 0. The zero-order valence-corrected chi connectivity index (χ0v) is 10.9. The molecule has 90 valence electrons. The summed E-state index contributed by atoms with van der Waals surface area (Å²) in [5.41, 5.74) is 1.97. The largest absolute Gasteiger partial charge is 0.240 e. The number of aryl methyl sites for hydroxylation is 1. The molecule has 2 aromatic carbocycles. The molecule has 0 spiro atoms. The minimum absolute atomic E-state index is 0.670. The van der Waals surface area contributed by atoms with Gasteiger partial charge in [0.1, 0.15) is 0 Å². The molecule has 0 aliphatic carbocycles. The van der Waals surface area contributed by atoms with Crippen molar-refractivity contribution < 1.29 is 4.79 Å². The third-order valence-electron chi connectivity index (χ3n) is 2.60. The molecule has 0 atom stereocenters. The number of para-hydroxylation sites is 1. The number of benzene rings is 2. The van der Waals surface area contributed by atoms with Crippen molar-refractivity contribution in [2.24, 2.45) is 4.99 Å². The zero-order chi connectivity index (χ0) is 12.8. The van der Waals surface area contributed by atoms with Gasteiger partial charge in [0.05, 0.1) is 5.69 Å². The third-order valence-corrected chi connectivity index (χ3v) is 3.79. The lowest BCUT2D eigenvalue weighted by atomic mass is 10.2. The minimum Gasteiger partial charge on any atom is -0.211 e. The van der Waals surface area contributed by atoms with Crippen molar-refractivity contribution in [2.75, 3.05) is 0 Å². The molecule has 0 amide bonds. The Morgan fingerprint density at radius 3 is 2.44 bits per heavy atom. The molecule has 0 saturated heterocycles. The van der Waals surface area contributed by atoms with Crippen LogP contribution in [0.4, 0.5) is 5.69 Å². The Bertz CT molecular complexity index is 589. The van der Waals surface area contributed by atoms with Gasteiger partial charge in [0.2, 0.25) is 6.08 Å². The van der Waals surface area contributed by atoms with Crippen molar-refractivity contribution in [3.8, 4) is 0 Å². The smallest absolute Gasteiger partial charge is 0.211 e. The van der Waals surface area contributed by atoms with E-state index in [1.807, 2.05) is 36.4 Å². The van der Waals surface area contributed by atoms with Gasteiger partial charge in [-0.2, -0.15) is 4.99 Å². The molecular formula is C15H13NOS. The normalized spacial score (nSPS) is 9.83. The minimum atomic E-state index is 0.670. The molecule has 18 heavy (non-hydrogen) atoms. The Morgan fingerprint density at radius 2 is 1.72 bits per heavy atom. The second kappa shape index (κ2) is 6.20. The summed E-state index contributed by atoms with van der Waals surface area (Å²) in [4.78, 5) is 16.3. The predicted octanol–water partition coefficient (Wildman–Crippen LogP) is 4.37. The summed E-state index contributed by atoms with van der Waals surface area (Å²) < 4.78 is 0. The topological polar surface area (TPSA) is 29.4 Å². The standard InChI is InChI=1S/C15H13NOS/c1-2-12-7-3-5-9-14(12)18-15-10-6-4-8-13(15)16-11-17/h3-10H,2H2,1H3. The molecule has 0 bridgehead atoms. The molecular weight excluding hydrogens is 242 g/mol. The molecule has 0 heterocycles. The van der Waals surface area contributed by atoms with Gasteiger partial charge in [-0.1, -0.05) is 49.0 Å². The lowest BCUT2D eigenvalue weighted by Crippen LogP contribution is -1.84. The molecule has 0 saturated carbocycles. The molecule has 2 nitrogen and oxygen atoms in total. The van der Waals surface area contributed by atoms with Gasteiger partial charge in [-0.15, -0.1) is 0 Å². The molecule has 0 radical (unpaired) electrons. The van der Waals surface area contributed by atoms with Crippen LogP contribution in [0.15, 0.2) is 63.3 Å². The Hall–Kier alpha value is -1.83. The first kappa shape index (κ1) is 12.6. The van der Waals surface area contributed by atoms with E-state index in [2.05, 4.69) is 24.0 Å². The maximum absolute atomic E-state index is 10.4. The molecule has 0 N–H and O–H groups in total. The number of aliphatic imine (C=N–C) groups is 1. The zero-order valence-electron chi connectivity index (χ0n) is 10.1. The van der Waals surface area contributed by atoms with E-state index in [1.165, 1.54) is 10.5 Å². The fraction of sp³-hybridized carbons (Fsp3) is 0.133. The van der Waals surface area contributed by atoms with Crippen molar-refractivity contribution in [2.45, 2.75) is 23.1 Å². The first-order valence-electron chi connectivity index (χ1n) is 5.77. The van der Waals surface area contributed by atoms with Crippen molar-refractivity contribution in [1.82, 2.24) is 0 Å². The number of nitrogens with zero attached hydrogens (tertiary/aromatic N) is 1. The maximum atomic E-state index is 10.4. The Kier molecular flexibility index (Phi) is 4.35. The molecule has 0 unspecified atom stereocenters. The van der Waals surface area contributed by atoms with Gasteiger partial charge in [-0.05, 0) is 30.2 Å². The second-order valence-electron chi connectivity index (χ2n) is 3.73. The highest BCUT2D eigenvalue weighted by atomic mass is 32.2. The van der Waals surface area contributed by atoms with E-state index in [0.717, 1.165) is 11.3 Å². The lowest BCUT2D eigenvalue weighted by molar-refractivity contribution is 0.565. The van der Waals surface area contributed by atoms with Gasteiger partial charge >= 0.3 is 0 Å². The van der Waals surface area contributed by atoms with E-state index in [4.69, 9.17) is 0 Å². The lowest BCUT2D eigenvalue weighted by Gasteiger charge is -2.08. The van der Waals surface area contributed by atoms with E-state index in [9.17, 15) is 4.79 Å². The van der Waals surface area contributed by atoms with Gasteiger partial charge in [-0.25, -0.2) is 4.79 Å². The van der Waals surface area contributed by atoms with Gasteiger partial charge < -0.3 is 0 Å². The highest BCUT2D eigenvalue weighted by Crippen LogP contribution is 2.36. The number of isocyanates is 1. The number of hydrogen-bond acceptors (Lipinski definition) is 3. The Morgan fingerprint density at radius 1 is 1.06 bits per heavy atom. The second-order valence-corrected chi connectivity index (χ2v) is 4.82. The first-order chi connectivity index (χ1) is 8.85. The van der Waals surface area contributed by atoms with Crippen molar-refractivity contribution in [3.63, 3.8) is 0 Å². The van der Waals surface area contributed by atoms with Crippen molar-refractivity contribution in [3.05, 3.63) is 54.1 Å². The van der Waals surface area contributed by atoms with Gasteiger partial charge in [0.25, 0.3) is 0 Å². The van der Waals surface area contributed by atoms with Crippen molar-refractivity contribution >= 4 is 23.5 Å².